The first-order valence-corrected chi connectivity index (χ1v) is 11.2. The highest BCUT2D eigenvalue weighted by Gasteiger charge is 2.60. The summed E-state index contributed by atoms with van der Waals surface area (Å²) in [4.78, 5) is 34.3. The van der Waals surface area contributed by atoms with Crippen LogP contribution in [0, 0.1) is 5.92 Å². The average Bonchev–Trinajstić information content (AvgIpc) is 3.31. The Morgan fingerprint density at radius 2 is 1.66 bits per heavy atom. The summed E-state index contributed by atoms with van der Waals surface area (Å²) in [5.74, 6) is -0.604. The minimum Gasteiger partial charge on any atom is -0.494 e. The number of rotatable bonds is 5. The van der Waals surface area contributed by atoms with E-state index in [9.17, 15) is 9.59 Å². The van der Waals surface area contributed by atoms with Crippen molar-refractivity contribution >= 4 is 39.1 Å². The van der Waals surface area contributed by atoms with Gasteiger partial charge in [-0.15, -0.1) is 0 Å². The van der Waals surface area contributed by atoms with E-state index in [2.05, 4.69) is 15.9 Å². The number of amides is 2. The van der Waals surface area contributed by atoms with E-state index in [1.54, 1.807) is 29.3 Å². The summed E-state index contributed by atoms with van der Waals surface area (Å²) in [7, 11) is 0. The molecular weight excluding hydrogens is 472 g/mol. The van der Waals surface area contributed by atoms with Gasteiger partial charge < -0.3 is 4.74 Å². The number of imide groups is 1. The number of carbonyl (C=O) groups is 2. The molecule has 3 unspecified atom stereocenters. The van der Waals surface area contributed by atoms with Crippen LogP contribution in [-0.2, 0) is 14.4 Å². The lowest BCUT2D eigenvalue weighted by atomic mass is 9.90. The molecule has 0 saturated carbocycles. The fourth-order valence-electron chi connectivity index (χ4n) is 4.36. The Labute approximate surface area is 194 Å². The Morgan fingerprint density at radius 1 is 0.906 bits per heavy atom. The van der Waals surface area contributed by atoms with Crippen LogP contribution in [0.4, 0.5) is 11.4 Å². The molecule has 0 aliphatic carbocycles. The molecule has 3 aromatic carbocycles. The number of nitrogens with zero attached hydrogens (tertiary/aromatic N) is 2. The van der Waals surface area contributed by atoms with E-state index in [1.807, 2.05) is 61.5 Å². The zero-order valence-electron chi connectivity index (χ0n) is 17.4. The minimum atomic E-state index is -0.891. The Bertz CT molecular complexity index is 1150. The first kappa shape index (κ1) is 20.7. The van der Waals surface area contributed by atoms with E-state index in [0.717, 1.165) is 15.7 Å². The van der Waals surface area contributed by atoms with Crippen LogP contribution < -0.4 is 14.7 Å². The van der Waals surface area contributed by atoms with E-state index in [0.29, 0.717) is 18.0 Å². The van der Waals surface area contributed by atoms with Gasteiger partial charge in [0.2, 0.25) is 5.91 Å². The SMILES string of the molecule is CCOc1ccc(N2C(=O)C3ON(c4ccccc4)C(c4cccc(Br)c4)C3C2=O)cc1. The van der Waals surface area contributed by atoms with Crippen LogP contribution in [0.5, 0.6) is 5.75 Å². The number of halogens is 1. The zero-order chi connectivity index (χ0) is 22.2. The van der Waals surface area contributed by atoms with E-state index < -0.39 is 18.1 Å². The molecular formula is C25H21BrN2O4. The highest BCUT2D eigenvalue weighted by Crippen LogP contribution is 2.47. The molecule has 2 saturated heterocycles. The van der Waals surface area contributed by atoms with Crippen LogP contribution in [0.15, 0.2) is 83.3 Å². The molecule has 2 amide bonds. The smallest absolute Gasteiger partial charge is 0.266 e. The van der Waals surface area contributed by atoms with Gasteiger partial charge in [0.1, 0.15) is 11.7 Å². The summed E-state index contributed by atoms with van der Waals surface area (Å²) in [5, 5.41) is 1.70. The second-order valence-electron chi connectivity index (χ2n) is 7.65. The molecule has 6 nitrogen and oxygen atoms in total. The molecule has 0 radical (unpaired) electrons. The zero-order valence-corrected chi connectivity index (χ0v) is 18.9. The lowest BCUT2D eigenvalue weighted by Gasteiger charge is -2.28. The molecule has 2 aliphatic rings. The number of carbonyl (C=O) groups excluding carboxylic acids is 2. The van der Waals surface area contributed by atoms with Gasteiger partial charge >= 0.3 is 0 Å². The molecule has 2 fully saturated rings. The third-order valence-corrected chi connectivity index (χ3v) is 6.22. The summed E-state index contributed by atoms with van der Waals surface area (Å²) < 4.78 is 6.37. The van der Waals surface area contributed by atoms with Gasteiger partial charge in [-0.25, -0.2) is 9.96 Å². The molecule has 0 spiro atoms. The quantitative estimate of drug-likeness (QED) is 0.474. The Morgan fingerprint density at radius 3 is 2.34 bits per heavy atom. The van der Waals surface area contributed by atoms with Crippen LogP contribution in [0.1, 0.15) is 18.5 Å². The number of hydroxylamine groups is 1. The summed E-state index contributed by atoms with van der Waals surface area (Å²) in [6, 6.07) is 23.8. The van der Waals surface area contributed by atoms with Gasteiger partial charge in [-0.2, -0.15) is 0 Å². The molecule has 2 heterocycles. The molecule has 0 bridgehead atoms. The van der Waals surface area contributed by atoms with Gasteiger partial charge in [-0.1, -0.05) is 46.3 Å². The van der Waals surface area contributed by atoms with Crippen molar-refractivity contribution in [1.82, 2.24) is 0 Å². The maximum atomic E-state index is 13.6. The summed E-state index contributed by atoms with van der Waals surface area (Å²) in [6.07, 6.45) is -0.891. The summed E-state index contributed by atoms with van der Waals surface area (Å²) >= 11 is 3.52. The van der Waals surface area contributed by atoms with Gasteiger partial charge in [-0.05, 0) is 61.0 Å². The topological polar surface area (TPSA) is 59.1 Å². The number of hydrogen-bond acceptors (Lipinski definition) is 5. The van der Waals surface area contributed by atoms with E-state index in [1.165, 1.54) is 4.90 Å². The Hall–Kier alpha value is -3.16. The molecule has 0 aromatic heterocycles. The second-order valence-corrected chi connectivity index (χ2v) is 8.57. The minimum absolute atomic E-state index is 0.271. The van der Waals surface area contributed by atoms with Crippen molar-refractivity contribution in [3.05, 3.63) is 88.9 Å². The normalized spacial score (nSPS) is 22.4. The predicted molar refractivity (Wildman–Crippen MR) is 124 cm³/mol. The third-order valence-electron chi connectivity index (χ3n) is 5.72. The van der Waals surface area contributed by atoms with Crippen LogP contribution in [0.25, 0.3) is 0 Å². The van der Waals surface area contributed by atoms with E-state index in [-0.39, 0.29) is 11.8 Å². The highest BCUT2D eigenvalue weighted by atomic mass is 79.9. The van der Waals surface area contributed by atoms with Gasteiger partial charge in [0.05, 0.1) is 24.0 Å². The van der Waals surface area contributed by atoms with Crippen molar-refractivity contribution in [2.24, 2.45) is 5.92 Å². The molecule has 32 heavy (non-hydrogen) atoms. The molecule has 162 valence electrons. The molecule has 0 N–H and O–H groups in total. The van der Waals surface area contributed by atoms with Gasteiger partial charge in [0, 0.05) is 4.47 Å². The molecule has 5 rings (SSSR count). The van der Waals surface area contributed by atoms with Crippen molar-refractivity contribution in [3.8, 4) is 5.75 Å². The van der Waals surface area contributed by atoms with Crippen LogP contribution in [0.2, 0.25) is 0 Å². The van der Waals surface area contributed by atoms with Gasteiger partial charge in [0.25, 0.3) is 5.91 Å². The lowest BCUT2D eigenvalue weighted by molar-refractivity contribution is -0.126. The van der Waals surface area contributed by atoms with Crippen molar-refractivity contribution < 1.29 is 19.2 Å². The first-order valence-electron chi connectivity index (χ1n) is 10.5. The maximum absolute atomic E-state index is 13.6. The van der Waals surface area contributed by atoms with E-state index >= 15 is 0 Å². The fourth-order valence-corrected chi connectivity index (χ4v) is 4.77. The third kappa shape index (κ3) is 3.47. The van der Waals surface area contributed by atoms with Crippen LogP contribution in [-0.4, -0.2) is 24.5 Å². The van der Waals surface area contributed by atoms with Crippen molar-refractivity contribution in [2.45, 2.75) is 19.1 Å². The van der Waals surface area contributed by atoms with Crippen LogP contribution >= 0.6 is 15.9 Å². The first-order chi connectivity index (χ1) is 15.6. The van der Waals surface area contributed by atoms with Gasteiger partial charge in [-0.3, -0.25) is 14.4 Å². The highest BCUT2D eigenvalue weighted by molar-refractivity contribution is 9.10. The maximum Gasteiger partial charge on any atom is 0.266 e. The number of hydrogen-bond donors (Lipinski definition) is 0. The van der Waals surface area contributed by atoms with Crippen molar-refractivity contribution in [1.29, 1.82) is 0 Å². The predicted octanol–water partition coefficient (Wildman–Crippen LogP) is 4.90. The van der Waals surface area contributed by atoms with Crippen LogP contribution in [0.3, 0.4) is 0 Å². The number of fused-ring (bicyclic) bond motifs is 1. The number of para-hydroxylation sites is 1. The Kier molecular flexibility index (Phi) is 5.45. The number of ether oxygens (including phenoxy) is 1. The number of anilines is 2. The van der Waals surface area contributed by atoms with Gasteiger partial charge in [0.15, 0.2) is 6.10 Å². The standard InChI is InChI=1S/C25H21BrN2O4/c1-2-31-20-13-11-18(12-14-20)27-24(29)21-22(16-7-6-8-17(26)15-16)28(32-23(21)25(27)30)19-9-4-3-5-10-19/h3-15,21-23H,2H2,1H3. The van der Waals surface area contributed by atoms with Crippen molar-refractivity contribution in [3.63, 3.8) is 0 Å². The monoisotopic (exact) mass is 492 g/mol. The average molecular weight is 493 g/mol. The van der Waals surface area contributed by atoms with E-state index in [4.69, 9.17) is 9.57 Å². The largest absolute Gasteiger partial charge is 0.494 e. The summed E-state index contributed by atoms with van der Waals surface area (Å²) in [6.45, 7) is 2.45. The lowest BCUT2D eigenvalue weighted by Crippen LogP contribution is -2.37. The fraction of sp³-hybridized carbons (Fsp3) is 0.200. The molecule has 3 aromatic rings. The summed E-state index contributed by atoms with van der Waals surface area (Å²) in [5.41, 5.74) is 2.20. The number of benzene rings is 3. The molecule has 3 atom stereocenters. The van der Waals surface area contributed by atoms with Crippen molar-refractivity contribution in [2.75, 3.05) is 16.6 Å². The molecule has 2 aliphatic heterocycles. The Balaban J connectivity index is 1.54. The molecule has 7 heteroatoms. The second kappa shape index (κ2) is 8.41.